The second-order valence-corrected chi connectivity index (χ2v) is 11.7. The summed E-state index contributed by atoms with van der Waals surface area (Å²) in [5.74, 6) is -2.30. The minimum Gasteiger partial charge on any atom is -0.352 e. The van der Waals surface area contributed by atoms with Gasteiger partial charge in [0.05, 0.1) is 10.6 Å². The van der Waals surface area contributed by atoms with Crippen LogP contribution in [0, 0.1) is 11.6 Å². The van der Waals surface area contributed by atoms with Gasteiger partial charge in [0.25, 0.3) is 10.0 Å². The molecule has 3 aromatic rings. The zero-order valence-corrected chi connectivity index (χ0v) is 23.1. The van der Waals surface area contributed by atoms with Crippen LogP contribution in [0.1, 0.15) is 44.6 Å². The summed E-state index contributed by atoms with van der Waals surface area (Å²) in [6.07, 6.45) is 3.98. The molecule has 1 N–H and O–H groups in total. The van der Waals surface area contributed by atoms with Gasteiger partial charge < -0.3 is 10.2 Å². The van der Waals surface area contributed by atoms with E-state index < -0.39 is 40.2 Å². The number of sulfonamides is 1. The van der Waals surface area contributed by atoms with Crippen molar-refractivity contribution in [1.82, 2.24) is 10.2 Å². The fourth-order valence-corrected chi connectivity index (χ4v) is 6.40. The number of halogens is 2. The number of rotatable bonds is 11. The second-order valence-electron chi connectivity index (χ2n) is 9.84. The molecule has 4 rings (SSSR count). The molecule has 2 amide bonds. The lowest BCUT2D eigenvalue weighted by Crippen LogP contribution is -2.53. The highest BCUT2D eigenvalue weighted by Gasteiger charge is 2.35. The maximum atomic E-state index is 15.0. The van der Waals surface area contributed by atoms with Crippen molar-refractivity contribution in [2.45, 2.75) is 62.6 Å². The van der Waals surface area contributed by atoms with Crippen molar-refractivity contribution in [2.75, 3.05) is 10.8 Å². The van der Waals surface area contributed by atoms with Crippen molar-refractivity contribution >= 4 is 27.5 Å². The first-order valence-corrected chi connectivity index (χ1v) is 14.8. The molecule has 7 nitrogen and oxygen atoms in total. The number of hydrogen-bond donors (Lipinski definition) is 1. The number of carbonyl (C=O) groups excluding carboxylic acids is 2. The van der Waals surface area contributed by atoms with Gasteiger partial charge in [-0.2, -0.15) is 0 Å². The monoisotopic (exact) mass is 569 g/mol. The van der Waals surface area contributed by atoms with Gasteiger partial charge in [-0.15, -0.1) is 0 Å². The molecule has 10 heteroatoms. The predicted molar refractivity (Wildman–Crippen MR) is 149 cm³/mol. The zero-order chi connectivity index (χ0) is 28.7. The number of anilines is 1. The van der Waals surface area contributed by atoms with Crippen molar-refractivity contribution in [1.29, 1.82) is 0 Å². The Hall–Kier alpha value is -3.79. The van der Waals surface area contributed by atoms with Crippen LogP contribution < -0.4 is 9.62 Å². The highest BCUT2D eigenvalue weighted by atomic mass is 32.2. The summed E-state index contributed by atoms with van der Waals surface area (Å²) in [6.45, 7) is 0.956. The van der Waals surface area contributed by atoms with Gasteiger partial charge in [0, 0.05) is 12.6 Å². The maximum absolute atomic E-state index is 15.0. The Morgan fingerprint density at radius 2 is 1.55 bits per heavy atom. The molecule has 40 heavy (non-hydrogen) atoms. The van der Waals surface area contributed by atoms with E-state index in [0.29, 0.717) is 5.56 Å². The lowest BCUT2D eigenvalue weighted by Gasteiger charge is -2.33. The van der Waals surface area contributed by atoms with Gasteiger partial charge >= 0.3 is 0 Å². The molecule has 1 fully saturated rings. The lowest BCUT2D eigenvalue weighted by molar-refractivity contribution is -0.140. The van der Waals surface area contributed by atoms with E-state index in [1.807, 2.05) is 0 Å². The van der Waals surface area contributed by atoms with Gasteiger partial charge in [-0.3, -0.25) is 13.9 Å². The molecule has 0 heterocycles. The van der Waals surface area contributed by atoms with E-state index in [9.17, 15) is 26.8 Å². The number of benzene rings is 3. The zero-order valence-electron chi connectivity index (χ0n) is 22.3. The van der Waals surface area contributed by atoms with Gasteiger partial charge in [-0.25, -0.2) is 17.2 Å². The molecule has 0 bridgehead atoms. The number of carbonyl (C=O) groups is 2. The molecule has 0 radical (unpaired) electrons. The Balaban J connectivity index is 1.71. The van der Waals surface area contributed by atoms with Crippen LogP contribution >= 0.6 is 0 Å². The molecule has 0 unspecified atom stereocenters. The third kappa shape index (κ3) is 6.85. The largest absolute Gasteiger partial charge is 0.352 e. The Bertz CT molecular complexity index is 1410. The molecule has 1 aliphatic rings. The molecule has 3 aromatic carbocycles. The van der Waals surface area contributed by atoms with E-state index in [1.165, 1.54) is 71.6 Å². The van der Waals surface area contributed by atoms with Crippen LogP contribution in [0.4, 0.5) is 14.5 Å². The van der Waals surface area contributed by atoms with E-state index in [4.69, 9.17) is 0 Å². The summed E-state index contributed by atoms with van der Waals surface area (Å²) in [7, 11) is -4.36. The van der Waals surface area contributed by atoms with Crippen LogP contribution in [0.15, 0.2) is 83.8 Å². The molecule has 212 valence electrons. The third-order valence-electron chi connectivity index (χ3n) is 7.08. The summed E-state index contributed by atoms with van der Waals surface area (Å²) in [4.78, 5) is 28.6. The van der Waals surface area contributed by atoms with Crippen molar-refractivity contribution in [3.8, 4) is 0 Å². The van der Waals surface area contributed by atoms with E-state index in [1.54, 1.807) is 13.0 Å². The van der Waals surface area contributed by atoms with E-state index in [2.05, 4.69) is 5.32 Å². The number of nitrogens with one attached hydrogen (secondary N) is 1. The van der Waals surface area contributed by atoms with Crippen LogP contribution in [0.2, 0.25) is 0 Å². The lowest BCUT2D eigenvalue weighted by atomic mass is 10.1. The normalized spacial score (nSPS) is 14.5. The average Bonchev–Trinajstić information content (AvgIpc) is 3.46. The van der Waals surface area contributed by atoms with Crippen LogP contribution in [0.5, 0.6) is 0 Å². The Kier molecular flexibility index (Phi) is 9.52. The van der Waals surface area contributed by atoms with Crippen molar-refractivity contribution < 1.29 is 26.8 Å². The minimum atomic E-state index is -4.36. The topological polar surface area (TPSA) is 86.8 Å². The molecule has 0 saturated heterocycles. The Morgan fingerprint density at radius 3 is 2.17 bits per heavy atom. The fourth-order valence-electron chi connectivity index (χ4n) is 4.96. The van der Waals surface area contributed by atoms with Crippen molar-refractivity contribution in [3.05, 3.63) is 96.1 Å². The van der Waals surface area contributed by atoms with E-state index in [-0.39, 0.29) is 35.5 Å². The molecular weight excluding hydrogens is 536 g/mol. The summed E-state index contributed by atoms with van der Waals surface area (Å²) < 4.78 is 56.7. The highest BCUT2D eigenvalue weighted by Crippen LogP contribution is 2.27. The van der Waals surface area contributed by atoms with Crippen LogP contribution in [0.3, 0.4) is 0 Å². The minimum absolute atomic E-state index is 0.0118. The Labute approximate surface area is 233 Å². The van der Waals surface area contributed by atoms with Crippen LogP contribution in [0.25, 0.3) is 0 Å². The van der Waals surface area contributed by atoms with Crippen LogP contribution in [-0.2, 0) is 26.2 Å². The van der Waals surface area contributed by atoms with Gasteiger partial charge in [0.1, 0.15) is 24.2 Å². The SMILES string of the molecule is CC[C@@H](C(=O)NC1CCCC1)N(Cc1ccc(F)cc1)C(=O)CN(c1ccccc1F)S(=O)(=O)c1ccccc1. The number of amides is 2. The van der Waals surface area contributed by atoms with Gasteiger partial charge in [-0.1, -0.05) is 62.2 Å². The molecule has 0 spiro atoms. The van der Waals surface area contributed by atoms with Crippen LogP contribution in [-0.4, -0.2) is 43.8 Å². The van der Waals surface area contributed by atoms with E-state index >= 15 is 0 Å². The summed E-state index contributed by atoms with van der Waals surface area (Å²) in [5.41, 5.74) is 0.273. The maximum Gasteiger partial charge on any atom is 0.264 e. The standard InChI is InChI=1S/C30H33F2N3O4S/c1-2-27(30(37)33-24-10-6-7-11-24)34(20-22-16-18-23(31)19-17-22)29(36)21-35(28-15-9-8-14-26(28)32)40(38,39)25-12-4-3-5-13-25/h3-5,8-9,12-19,24,27H,2,6-7,10-11,20-21H2,1H3,(H,33,37)/t27-/m0/s1. The first kappa shape index (κ1) is 29.2. The first-order chi connectivity index (χ1) is 19.2. The first-order valence-electron chi connectivity index (χ1n) is 13.4. The second kappa shape index (κ2) is 13.0. The van der Waals surface area contributed by atoms with Gasteiger partial charge in [0.2, 0.25) is 11.8 Å². The number of hydrogen-bond acceptors (Lipinski definition) is 4. The summed E-state index contributed by atoms with van der Waals surface area (Å²) >= 11 is 0. The molecule has 0 aromatic heterocycles. The summed E-state index contributed by atoms with van der Waals surface area (Å²) in [6, 6.07) is 17.4. The average molecular weight is 570 g/mol. The summed E-state index contributed by atoms with van der Waals surface area (Å²) in [5, 5.41) is 3.03. The smallest absolute Gasteiger partial charge is 0.264 e. The number of para-hydroxylation sites is 1. The number of nitrogens with zero attached hydrogens (tertiary/aromatic N) is 2. The molecule has 1 aliphatic carbocycles. The predicted octanol–water partition coefficient (Wildman–Crippen LogP) is 5.03. The van der Waals surface area contributed by atoms with Crippen molar-refractivity contribution in [2.24, 2.45) is 0 Å². The third-order valence-corrected chi connectivity index (χ3v) is 8.86. The van der Waals surface area contributed by atoms with Crippen molar-refractivity contribution in [3.63, 3.8) is 0 Å². The molecular formula is C30H33F2N3O4S. The molecule has 1 atom stereocenters. The van der Waals surface area contributed by atoms with Gasteiger partial charge in [-0.05, 0) is 61.2 Å². The molecule has 0 aliphatic heterocycles. The molecule has 1 saturated carbocycles. The fraction of sp³-hybridized carbons (Fsp3) is 0.333. The van der Waals surface area contributed by atoms with Gasteiger partial charge in [0.15, 0.2) is 0 Å². The highest BCUT2D eigenvalue weighted by molar-refractivity contribution is 7.92. The van der Waals surface area contributed by atoms with E-state index in [0.717, 1.165) is 36.1 Å². The Morgan fingerprint density at radius 1 is 0.925 bits per heavy atom. The quantitative estimate of drug-likeness (QED) is 0.351.